The monoisotopic (exact) mass is 320 g/mol. The van der Waals surface area contributed by atoms with Gasteiger partial charge in [-0.05, 0) is 40.3 Å². The van der Waals surface area contributed by atoms with Gasteiger partial charge in [0.15, 0.2) is 5.69 Å². The lowest BCUT2D eigenvalue weighted by Crippen LogP contribution is -2.29. The molecular weight excluding hydrogens is 297 g/mol. The van der Waals surface area contributed by atoms with Gasteiger partial charge in [-0.15, -0.1) is 0 Å². The van der Waals surface area contributed by atoms with Crippen molar-refractivity contribution in [3.05, 3.63) is 17.5 Å². The number of nitrogens with zero attached hydrogens (tertiary/aromatic N) is 3. The highest BCUT2D eigenvalue weighted by molar-refractivity contribution is 5.95. The van der Waals surface area contributed by atoms with Crippen molar-refractivity contribution in [2.45, 2.75) is 38.9 Å². The summed E-state index contributed by atoms with van der Waals surface area (Å²) < 4.78 is 39.3. The maximum Gasteiger partial charge on any atom is 0.433 e. The van der Waals surface area contributed by atoms with Crippen LogP contribution < -0.4 is 5.32 Å². The smallest absolute Gasteiger partial charge is 0.352 e. The first-order valence-corrected chi connectivity index (χ1v) is 7.22. The lowest BCUT2D eigenvalue weighted by molar-refractivity contribution is -0.144. The zero-order valence-corrected chi connectivity index (χ0v) is 13.4. The molecule has 22 heavy (non-hydrogen) atoms. The molecule has 0 aliphatic rings. The molecule has 1 rings (SSSR count). The van der Waals surface area contributed by atoms with Gasteiger partial charge < -0.3 is 10.2 Å². The molecule has 0 saturated carbocycles. The van der Waals surface area contributed by atoms with Crippen molar-refractivity contribution >= 4 is 5.91 Å². The Morgan fingerprint density at radius 3 is 2.59 bits per heavy atom. The summed E-state index contributed by atoms with van der Waals surface area (Å²) in [7, 11) is 3.18. The van der Waals surface area contributed by atoms with Crippen LogP contribution in [0.5, 0.6) is 0 Å². The van der Waals surface area contributed by atoms with Crippen LogP contribution in [0.1, 0.15) is 42.7 Å². The Morgan fingerprint density at radius 1 is 1.41 bits per heavy atom. The van der Waals surface area contributed by atoms with Crippen molar-refractivity contribution < 1.29 is 18.0 Å². The van der Waals surface area contributed by atoms with Gasteiger partial charge in [0.25, 0.3) is 5.91 Å². The highest BCUT2D eigenvalue weighted by atomic mass is 19.4. The molecule has 0 bridgehead atoms. The third-order valence-corrected chi connectivity index (χ3v) is 3.56. The SMILES string of the molecule is CC(C)N(C)CCCCNC(=O)c1cnn(C)c1C(F)(F)F. The van der Waals surface area contributed by atoms with Crippen molar-refractivity contribution in [2.75, 3.05) is 20.1 Å². The molecule has 126 valence electrons. The number of carbonyl (C=O) groups excluding carboxylic acids is 1. The van der Waals surface area contributed by atoms with Gasteiger partial charge in [0, 0.05) is 19.6 Å². The van der Waals surface area contributed by atoms with E-state index in [-0.39, 0.29) is 0 Å². The van der Waals surface area contributed by atoms with Crippen molar-refractivity contribution in [3.63, 3.8) is 0 Å². The Morgan fingerprint density at radius 2 is 2.05 bits per heavy atom. The molecule has 0 aliphatic carbocycles. The van der Waals surface area contributed by atoms with E-state index >= 15 is 0 Å². The third kappa shape index (κ3) is 5.01. The summed E-state index contributed by atoms with van der Waals surface area (Å²) in [6, 6.07) is 0.444. The predicted octanol–water partition coefficient (Wildman–Crippen LogP) is 2.29. The number of nitrogens with one attached hydrogen (secondary N) is 1. The predicted molar refractivity (Wildman–Crippen MR) is 77.5 cm³/mol. The molecule has 1 heterocycles. The molecule has 0 fully saturated rings. The largest absolute Gasteiger partial charge is 0.433 e. The summed E-state index contributed by atoms with van der Waals surface area (Å²) >= 11 is 0. The molecule has 0 aliphatic heterocycles. The zero-order chi connectivity index (χ0) is 16.9. The number of rotatable bonds is 7. The van der Waals surface area contributed by atoms with Crippen molar-refractivity contribution in [3.8, 4) is 0 Å². The zero-order valence-electron chi connectivity index (χ0n) is 13.4. The molecule has 8 heteroatoms. The Balaban J connectivity index is 2.48. The Hall–Kier alpha value is -1.57. The molecule has 0 spiro atoms. The summed E-state index contributed by atoms with van der Waals surface area (Å²) in [5, 5.41) is 6.04. The summed E-state index contributed by atoms with van der Waals surface area (Å²) in [5.74, 6) is -0.738. The lowest BCUT2D eigenvalue weighted by Gasteiger charge is -2.20. The highest BCUT2D eigenvalue weighted by Crippen LogP contribution is 2.31. The van der Waals surface area contributed by atoms with Gasteiger partial charge in [-0.3, -0.25) is 9.48 Å². The number of halogens is 3. The topological polar surface area (TPSA) is 50.2 Å². The Labute approximate surface area is 128 Å². The number of hydrogen-bond donors (Lipinski definition) is 1. The minimum Gasteiger partial charge on any atom is -0.352 e. The first-order valence-electron chi connectivity index (χ1n) is 7.22. The number of aromatic nitrogens is 2. The second-order valence-electron chi connectivity index (χ2n) is 5.57. The van der Waals surface area contributed by atoms with Crippen LogP contribution >= 0.6 is 0 Å². The molecule has 0 saturated heterocycles. The van der Waals surface area contributed by atoms with E-state index in [2.05, 4.69) is 29.2 Å². The van der Waals surface area contributed by atoms with Crippen LogP contribution in [0.2, 0.25) is 0 Å². The number of aryl methyl sites for hydroxylation is 1. The van der Waals surface area contributed by atoms with Gasteiger partial charge in [0.05, 0.1) is 11.8 Å². The molecule has 1 aromatic heterocycles. The van der Waals surface area contributed by atoms with E-state index < -0.39 is 23.3 Å². The molecule has 1 amide bonds. The summed E-state index contributed by atoms with van der Waals surface area (Å²) in [4.78, 5) is 14.0. The molecule has 1 aromatic rings. The number of amides is 1. The highest BCUT2D eigenvalue weighted by Gasteiger charge is 2.39. The third-order valence-electron chi connectivity index (χ3n) is 3.56. The van der Waals surface area contributed by atoms with Crippen molar-refractivity contribution in [1.82, 2.24) is 20.0 Å². The van der Waals surface area contributed by atoms with Crippen LogP contribution in [-0.4, -0.2) is 46.8 Å². The normalized spacial score (nSPS) is 12.2. The average Bonchev–Trinajstić information content (AvgIpc) is 2.79. The van der Waals surface area contributed by atoms with Gasteiger partial charge in [-0.1, -0.05) is 0 Å². The maximum atomic E-state index is 12.9. The Bertz CT molecular complexity index is 497. The van der Waals surface area contributed by atoms with Crippen LogP contribution in [0.25, 0.3) is 0 Å². The van der Waals surface area contributed by atoms with E-state index in [1.165, 1.54) is 7.05 Å². The molecule has 0 aromatic carbocycles. The summed E-state index contributed by atoms with van der Waals surface area (Å²) in [6.07, 6.45) is -2.07. The fraction of sp³-hybridized carbons (Fsp3) is 0.714. The number of hydrogen-bond acceptors (Lipinski definition) is 3. The van der Waals surface area contributed by atoms with Gasteiger partial charge in [0.2, 0.25) is 0 Å². The van der Waals surface area contributed by atoms with Crippen LogP contribution in [-0.2, 0) is 13.2 Å². The van der Waals surface area contributed by atoms with Gasteiger partial charge in [-0.2, -0.15) is 18.3 Å². The number of carbonyl (C=O) groups is 1. The minimum absolute atomic E-state index is 0.344. The fourth-order valence-corrected chi connectivity index (χ4v) is 1.98. The van der Waals surface area contributed by atoms with E-state index in [9.17, 15) is 18.0 Å². The second-order valence-corrected chi connectivity index (χ2v) is 5.57. The fourth-order valence-electron chi connectivity index (χ4n) is 1.98. The summed E-state index contributed by atoms with van der Waals surface area (Å²) in [5.41, 5.74) is -1.46. The molecule has 0 atom stereocenters. The number of alkyl halides is 3. The molecular formula is C14H23F3N4O. The minimum atomic E-state index is -4.60. The van der Waals surface area contributed by atoms with Gasteiger partial charge >= 0.3 is 6.18 Å². The standard InChI is InChI=1S/C14H23F3N4O/c1-10(2)20(3)8-6-5-7-18-13(22)11-9-19-21(4)12(11)14(15,16)17/h9-10H,5-8H2,1-4H3,(H,18,22). The molecule has 1 N–H and O–H groups in total. The first-order chi connectivity index (χ1) is 10.1. The van der Waals surface area contributed by atoms with Gasteiger partial charge in [0.1, 0.15) is 0 Å². The van der Waals surface area contributed by atoms with E-state index in [0.29, 0.717) is 23.7 Å². The van der Waals surface area contributed by atoms with Crippen LogP contribution in [0.3, 0.4) is 0 Å². The van der Waals surface area contributed by atoms with E-state index in [1.807, 2.05) is 7.05 Å². The second kappa shape index (κ2) is 7.62. The average molecular weight is 320 g/mol. The molecule has 5 nitrogen and oxygen atoms in total. The van der Waals surface area contributed by atoms with E-state index in [4.69, 9.17) is 0 Å². The van der Waals surface area contributed by atoms with E-state index in [1.54, 1.807) is 0 Å². The van der Waals surface area contributed by atoms with E-state index in [0.717, 1.165) is 19.2 Å². The quantitative estimate of drug-likeness (QED) is 0.784. The summed E-state index contributed by atoms with van der Waals surface area (Å²) in [6.45, 7) is 5.40. The lowest BCUT2D eigenvalue weighted by atomic mass is 10.2. The van der Waals surface area contributed by atoms with Crippen LogP contribution in [0.4, 0.5) is 13.2 Å². The first kappa shape index (κ1) is 18.5. The molecule has 0 unspecified atom stereocenters. The van der Waals surface area contributed by atoms with Crippen molar-refractivity contribution in [1.29, 1.82) is 0 Å². The van der Waals surface area contributed by atoms with Gasteiger partial charge in [-0.25, -0.2) is 0 Å². The van der Waals surface area contributed by atoms with Crippen LogP contribution in [0.15, 0.2) is 6.20 Å². The number of unbranched alkanes of at least 4 members (excludes halogenated alkanes) is 1. The molecule has 0 radical (unpaired) electrons. The maximum absolute atomic E-state index is 12.9. The van der Waals surface area contributed by atoms with Crippen LogP contribution in [0, 0.1) is 0 Å². The Kier molecular flexibility index (Phi) is 6.40. The van der Waals surface area contributed by atoms with Crippen molar-refractivity contribution in [2.24, 2.45) is 7.05 Å².